The number of likely N-dealkylation sites (N-methyl/N-ethyl adjacent to an activating group) is 1. The number of nitrogens with one attached hydrogen (secondary N) is 1. The summed E-state index contributed by atoms with van der Waals surface area (Å²) in [5.74, 6) is -0.445. The smallest absolute Gasteiger partial charge is 0.251 e. The normalized spacial score (nSPS) is 15.8. The molecule has 1 N–H and O–H groups in total. The lowest BCUT2D eigenvalue weighted by Crippen LogP contribution is -2.46. The molecule has 1 aliphatic heterocycles. The fourth-order valence-electron chi connectivity index (χ4n) is 3.75. The molecule has 1 saturated heterocycles. The molecule has 1 fully saturated rings. The second-order valence-corrected chi connectivity index (χ2v) is 7.76. The van der Waals surface area contributed by atoms with Crippen molar-refractivity contribution in [3.63, 3.8) is 0 Å². The van der Waals surface area contributed by atoms with E-state index >= 15 is 0 Å². The highest BCUT2D eigenvalue weighted by Crippen LogP contribution is 2.29. The van der Waals surface area contributed by atoms with Crippen molar-refractivity contribution in [2.45, 2.75) is 19.9 Å². The van der Waals surface area contributed by atoms with Crippen LogP contribution in [0.15, 0.2) is 42.5 Å². The van der Waals surface area contributed by atoms with E-state index in [1.165, 1.54) is 6.07 Å². The van der Waals surface area contributed by atoms with Gasteiger partial charge in [-0.3, -0.25) is 4.79 Å². The first kappa shape index (κ1) is 21.1. The molecule has 1 atom stereocenters. The Balaban J connectivity index is 1.78. The van der Waals surface area contributed by atoms with Crippen molar-refractivity contribution in [3.8, 4) is 0 Å². The minimum atomic E-state index is -0.305. The first-order valence-corrected chi connectivity index (χ1v) is 10.2. The van der Waals surface area contributed by atoms with Crippen LogP contribution in [0.3, 0.4) is 0 Å². The summed E-state index contributed by atoms with van der Waals surface area (Å²) in [6, 6.07) is 12.1. The molecule has 1 amide bonds. The number of hydrogen-bond acceptors (Lipinski definition) is 4. The molecule has 1 aliphatic rings. The van der Waals surface area contributed by atoms with Crippen LogP contribution in [-0.4, -0.2) is 57.6 Å². The van der Waals surface area contributed by atoms with E-state index in [1.54, 1.807) is 12.1 Å². The number of halogens is 1. The predicted octanol–water partition coefficient (Wildman–Crippen LogP) is 3.52. The molecule has 0 saturated carbocycles. The van der Waals surface area contributed by atoms with Crippen LogP contribution in [0.1, 0.15) is 35.8 Å². The summed E-state index contributed by atoms with van der Waals surface area (Å²) in [6.07, 6.45) is 0. The molecule has 0 aliphatic carbocycles. The van der Waals surface area contributed by atoms with Crippen LogP contribution in [0.25, 0.3) is 0 Å². The Hall–Kier alpha value is -2.60. The van der Waals surface area contributed by atoms with Crippen LogP contribution in [-0.2, 0) is 0 Å². The summed E-state index contributed by atoms with van der Waals surface area (Å²) in [5, 5.41) is 3.04. The number of nitrogens with zero attached hydrogens (tertiary/aromatic N) is 3. The molecule has 0 radical (unpaired) electrons. The van der Waals surface area contributed by atoms with Gasteiger partial charge >= 0.3 is 0 Å². The molecule has 1 heterocycles. The maximum absolute atomic E-state index is 14.0. The molecule has 2 aromatic rings. The minimum Gasteiger partial charge on any atom is -0.378 e. The average molecular weight is 399 g/mol. The molecule has 6 heteroatoms. The third kappa shape index (κ3) is 5.07. The fraction of sp³-hybridized carbons (Fsp3) is 0.435. The second kappa shape index (κ2) is 9.27. The Kier molecular flexibility index (Phi) is 6.75. The molecule has 29 heavy (non-hydrogen) atoms. The first-order chi connectivity index (χ1) is 13.9. The maximum Gasteiger partial charge on any atom is 0.251 e. The summed E-state index contributed by atoms with van der Waals surface area (Å²) in [5.41, 5.74) is 3.37. The number of rotatable bonds is 6. The third-order valence-electron chi connectivity index (χ3n) is 5.59. The topological polar surface area (TPSA) is 38.8 Å². The van der Waals surface area contributed by atoms with Crippen LogP contribution in [0, 0.1) is 5.82 Å². The van der Waals surface area contributed by atoms with E-state index in [4.69, 9.17) is 0 Å². The van der Waals surface area contributed by atoms with Gasteiger partial charge in [0.25, 0.3) is 5.91 Å². The van der Waals surface area contributed by atoms with E-state index in [2.05, 4.69) is 22.0 Å². The second-order valence-electron chi connectivity index (χ2n) is 7.76. The third-order valence-corrected chi connectivity index (χ3v) is 5.59. The number of hydrogen-bond donors (Lipinski definition) is 1. The van der Waals surface area contributed by atoms with Gasteiger partial charge in [-0.05, 0) is 49.9 Å². The van der Waals surface area contributed by atoms with Crippen molar-refractivity contribution in [3.05, 3.63) is 59.4 Å². The van der Waals surface area contributed by atoms with Gasteiger partial charge in [-0.2, -0.15) is 0 Å². The molecule has 3 rings (SSSR count). The predicted molar refractivity (Wildman–Crippen MR) is 117 cm³/mol. The quantitative estimate of drug-likeness (QED) is 0.808. The summed E-state index contributed by atoms with van der Waals surface area (Å²) >= 11 is 0. The fourth-order valence-corrected chi connectivity index (χ4v) is 3.75. The Morgan fingerprint density at radius 3 is 2.52 bits per heavy atom. The molecular formula is C23H31FN4O. The maximum atomic E-state index is 14.0. The number of carbonyl (C=O) groups is 1. The van der Waals surface area contributed by atoms with E-state index in [0.717, 1.165) is 49.7 Å². The summed E-state index contributed by atoms with van der Waals surface area (Å²) in [7, 11) is 3.88. The lowest BCUT2D eigenvalue weighted by molar-refractivity contribution is 0.0940. The largest absolute Gasteiger partial charge is 0.378 e. The van der Waals surface area contributed by atoms with Crippen molar-refractivity contribution in [2.24, 2.45) is 0 Å². The Morgan fingerprint density at radius 1 is 1.14 bits per heavy atom. The van der Waals surface area contributed by atoms with Crippen molar-refractivity contribution in [1.82, 2.24) is 10.2 Å². The Labute approximate surface area is 173 Å². The average Bonchev–Trinajstić information content (AvgIpc) is 2.73. The van der Waals surface area contributed by atoms with Crippen LogP contribution in [0.2, 0.25) is 0 Å². The first-order valence-electron chi connectivity index (χ1n) is 10.2. The molecule has 1 unspecified atom stereocenters. The van der Waals surface area contributed by atoms with Crippen LogP contribution < -0.4 is 15.1 Å². The van der Waals surface area contributed by atoms with Crippen LogP contribution in [0.4, 0.5) is 15.8 Å². The number of benzene rings is 2. The van der Waals surface area contributed by atoms with Crippen LogP contribution in [0.5, 0.6) is 0 Å². The minimum absolute atomic E-state index is 0.160. The number of carbonyl (C=O) groups excluding carboxylic acids is 1. The number of anilines is 2. The van der Waals surface area contributed by atoms with Gasteiger partial charge in [0.15, 0.2) is 0 Å². The SMILES string of the molecule is CCN1CCN(c2ccc(F)cc2C(C)NC(=O)c2cccc(N(C)C)c2)CC1. The molecule has 5 nitrogen and oxygen atoms in total. The van der Waals surface area contributed by atoms with Gasteiger partial charge < -0.3 is 20.0 Å². The lowest BCUT2D eigenvalue weighted by atomic mass is 10.0. The summed E-state index contributed by atoms with van der Waals surface area (Å²) < 4.78 is 14.0. The van der Waals surface area contributed by atoms with Crippen molar-refractivity contribution in [2.75, 3.05) is 56.6 Å². The lowest BCUT2D eigenvalue weighted by Gasteiger charge is -2.37. The Morgan fingerprint density at radius 2 is 1.86 bits per heavy atom. The zero-order valence-corrected chi connectivity index (χ0v) is 17.8. The Bertz CT molecular complexity index is 847. The van der Waals surface area contributed by atoms with Gasteiger partial charge in [0.1, 0.15) is 5.82 Å². The van der Waals surface area contributed by atoms with Gasteiger partial charge in [-0.25, -0.2) is 4.39 Å². The molecular weight excluding hydrogens is 367 g/mol. The zero-order chi connectivity index (χ0) is 21.0. The van der Waals surface area contributed by atoms with Gasteiger partial charge in [-0.1, -0.05) is 13.0 Å². The van der Waals surface area contributed by atoms with Crippen LogP contribution >= 0.6 is 0 Å². The summed E-state index contributed by atoms with van der Waals surface area (Å²) in [6.45, 7) is 8.91. The van der Waals surface area contributed by atoms with Gasteiger partial charge in [0.05, 0.1) is 6.04 Å². The molecule has 0 aromatic heterocycles. The highest BCUT2D eigenvalue weighted by molar-refractivity contribution is 5.95. The van der Waals surface area contributed by atoms with E-state index in [1.807, 2.05) is 50.2 Å². The van der Waals surface area contributed by atoms with Crippen molar-refractivity contribution < 1.29 is 9.18 Å². The van der Waals surface area contributed by atoms with Gasteiger partial charge in [0, 0.05) is 62.8 Å². The monoisotopic (exact) mass is 398 g/mol. The van der Waals surface area contributed by atoms with Crippen molar-refractivity contribution >= 4 is 17.3 Å². The number of piperazine rings is 1. The number of amides is 1. The van der Waals surface area contributed by atoms with E-state index in [0.29, 0.717) is 5.56 Å². The van der Waals surface area contributed by atoms with E-state index in [-0.39, 0.29) is 17.8 Å². The summed E-state index contributed by atoms with van der Waals surface area (Å²) in [4.78, 5) is 19.5. The van der Waals surface area contributed by atoms with E-state index in [9.17, 15) is 9.18 Å². The molecule has 0 bridgehead atoms. The highest BCUT2D eigenvalue weighted by atomic mass is 19.1. The van der Waals surface area contributed by atoms with Crippen molar-refractivity contribution in [1.29, 1.82) is 0 Å². The molecule has 156 valence electrons. The van der Waals surface area contributed by atoms with E-state index < -0.39 is 0 Å². The van der Waals surface area contributed by atoms with Gasteiger partial charge in [-0.15, -0.1) is 0 Å². The molecule has 0 spiro atoms. The molecule has 2 aromatic carbocycles. The zero-order valence-electron chi connectivity index (χ0n) is 17.8. The highest BCUT2D eigenvalue weighted by Gasteiger charge is 2.22. The van der Waals surface area contributed by atoms with Gasteiger partial charge in [0.2, 0.25) is 0 Å². The standard InChI is InChI=1S/C23H31FN4O/c1-5-27-11-13-28(14-12-27)22-10-9-19(24)16-21(22)17(2)25-23(29)18-7-6-8-20(15-18)26(3)4/h6-10,15-17H,5,11-14H2,1-4H3,(H,25,29).